The lowest BCUT2D eigenvalue weighted by Gasteiger charge is -2.06. The van der Waals surface area contributed by atoms with Crippen LogP contribution in [0.25, 0.3) is 22.6 Å². The summed E-state index contributed by atoms with van der Waals surface area (Å²) in [6, 6.07) is 13.9. The van der Waals surface area contributed by atoms with Crippen molar-refractivity contribution in [2.24, 2.45) is 0 Å². The summed E-state index contributed by atoms with van der Waals surface area (Å²) in [5, 5.41) is 7.50. The molecule has 0 saturated carbocycles. The fourth-order valence-corrected chi connectivity index (χ4v) is 2.44. The van der Waals surface area contributed by atoms with E-state index in [4.69, 9.17) is 4.52 Å². The number of rotatable bonds is 5. The highest BCUT2D eigenvalue weighted by molar-refractivity contribution is 5.67. The molecule has 3 aromatic heterocycles. The molecule has 0 saturated heterocycles. The number of aromatic nitrogens is 4. The predicted molar refractivity (Wildman–Crippen MR) is 94.5 cm³/mol. The Morgan fingerprint density at radius 3 is 2.48 bits per heavy atom. The molecule has 1 aromatic carbocycles. The van der Waals surface area contributed by atoms with Gasteiger partial charge in [-0.3, -0.25) is 4.98 Å². The topological polar surface area (TPSA) is 76.7 Å². The summed E-state index contributed by atoms with van der Waals surface area (Å²) >= 11 is 0. The van der Waals surface area contributed by atoms with Crippen molar-refractivity contribution >= 4 is 5.69 Å². The molecule has 0 aliphatic rings. The van der Waals surface area contributed by atoms with Gasteiger partial charge in [-0.25, -0.2) is 9.97 Å². The van der Waals surface area contributed by atoms with Crippen molar-refractivity contribution in [1.82, 2.24) is 20.1 Å². The van der Waals surface area contributed by atoms with Crippen molar-refractivity contribution in [3.63, 3.8) is 0 Å². The Hall–Kier alpha value is -3.54. The number of nitrogens with zero attached hydrogens (tertiary/aromatic N) is 4. The Morgan fingerprint density at radius 1 is 0.880 bits per heavy atom. The highest BCUT2D eigenvalue weighted by atomic mass is 16.5. The predicted octanol–water partition coefficient (Wildman–Crippen LogP) is 3.81. The van der Waals surface area contributed by atoms with Crippen LogP contribution in [-0.4, -0.2) is 20.1 Å². The Bertz CT molecular complexity index is 936. The summed E-state index contributed by atoms with van der Waals surface area (Å²) in [6.07, 6.45) is 8.50. The summed E-state index contributed by atoms with van der Waals surface area (Å²) in [5.74, 6) is 0.648. The zero-order valence-electron chi connectivity index (χ0n) is 13.3. The van der Waals surface area contributed by atoms with Gasteiger partial charge in [0.15, 0.2) is 5.76 Å². The van der Waals surface area contributed by atoms with Crippen LogP contribution in [0.1, 0.15) is 5.56 Å². The molecule has 6 nitrogen and oxygen atoms in total. The van der Waals surface area contributed by atoms with Gasteiger partial charge in [-0.2, -0.15) is 0 Å². The van der Waals surface area contributed by atoms with Crippen LogP contribution in [0.2, 0.25) is 0 Å². The summed E-state index contributed by atoms with van der Waals surface area (Å²) in [4.78, 5) is 12.1. The molecule has 6 heteroatoms. The van der Waals surface area contributed by atoms with E-state index in [-0.39, 0.29) is 0 Å². The number of hydrogen-bond acceptors (Lipinski definition) is 6. The van der Waals surface area contributed by atoms with Crippen LogP contribution in [0.4, 0.5) is 5.69 Å². The highest BCUT2D eigenvalue weighted by Crippen LogP contribution is 2.26. The molecule has 0 atom stereocenters. The van der Waals surface area contributed by atoms with Crippen LogP contribution in [0.3, 0.4) is 0 Å². The molecule has 122 valence electrons. The fourth-order valence-electron chi connectivity index (χ4n) is 2.44. The summed E-state index contributed by atoms with van der Waals surface area (Å²) in [7, 11) is 0. The number of nitrogens with one attached hydrogen (secondary N) is 1. The van der Waals surface area contributed by atoms with Crippen LogP contribution in [0, 0.1) is 0 Å². The number of benzene rings is 1. The molecule has 3 heterocycles. The molecule has 0 aliphatic carbocycles. The minimum absolute atomic E-state index is 0.648. The van der Waals surface area contributed by atoms with Gasteiger partial charge < -0.3 is 9.84 Å². The average molecular weight is 329 g/mol. The first kappa shape index (κ1) is 15.0. The van der Waals surface area contributed by atoms with Crippen LogP contribution < -0.4 is 5.32 Å². The third kappa shape index (κ3) is 3.53. The number of pyridine rings is 1. The zero-order valence-corrected chi connectivity index (χ0v) is 13.3. The normalized spacial score (nSPS) is 10.6. The number of hydrogen-bond donors (Lipinski definition) is 1. The molecule has 1 N–H and O–H groups in total. The SMILES string of the molecule is c1cncc(CNc2ccc(-c3cc(-c4cncnc4)on3)cc2)c1. The summed E-state index contributed by atoms with van der Waals surface area (Å²) < 4.78 is 5.39. The van der Waals surface area contributed by atoms with E-state index in [0.717, 1.165) is 34.6 Å². The standard InChI is InChI=1S/C19H15N5O/c1-2-14(9-20-7-1)10-23-17-5-3-15(4-6-17)18-8-19(25-24-18)16-11-21-13-22-12-16/h1-9,11-13,23H,10H2. The molecule has 0 spiro atoms. The molecule has 0 bridgehead atoms. The van der Waals surface area contributed by atoms with Crippen molar-refractivity contribution in [3.8, 4) is 22.6 Å². The molecule has 0 fully saturated rings. The smallest absolute Gasteiger partial charge is 0.170 e. The lowest BCUT2D eigenvalue weighted by atomic mass is 10.1. The van der Waals surface area contributed by atoms with Crippen LogP contribution in [0.15, 0.2) is 78.1 Å². The largest absolute Gasteiger partial charge is 0.381 e. The second-order valence-electron chi connectivity index (χ2n) is 5.50. The lowest BCUT2D eigenvalue weighted by Crippen LogP contribution is -1.99. The molecular formula is C19H15N5O. The van der Waals surface area contributed by atoms with Crippen LogP contribution in [-0.2, 0) is 6.54 Å². The maximum absolute atomic E-state index is 5.39. The lowest BCUT2D eigenvalue weighted by molar-refractivity contribution is 0.434. The maximum atomic E-state index is 5.39. The second kappa shape index (κ2) is 6.92. The summed E-state index contributed by atoms with van der Waals surface area (Å²) in [6.45, 7) is 0.731. The summed E-state index contributed by atoms with van der Waals surface area (Å²) in [5.41, 5.74) is 4.73. The third-order valence-electron chi connectivity index (χ3n) is 3.76. The highest BCUT2D eigenvalue weighted by Gasteiger charge is 2.09. The van der Waals surface area contributed by atoms with E-state index < -0.39 is 0 Å². The first-order chi connectivity index (χ1) is 12.4. The van der Waals surface area contributed by atoms with Gasteiger partial charge in [-0.1, -0.05) is 23.4 Å². The van der Waals surface area contributed by atoms with Gasteiger partial charge in [0.05, 0.1) is 5.56 Å². The second-order valence-corrected chi connectivity index (χ2v) is 5.50. The van der Waals surface area contributed by atoms with E-state index in [1.807, 2.05) is 48.7 Å². The minimum Gasteiger partial charge on any atom is -0.381 e. The van der Waals surface area contributed by atoms with Gasteiger partial charge in [0, 0.05) is 48.6 Å². The van der Waals surface area contributed by atoms with Gasteiger partial charge in [0.25, 0.3) is 0 Å². The van der Waals surface area contributed by atoms with E-state index in [1.165, 1.54) is 6.33 Å². The molecule has 0 aliphatic heterocycles. The van der Waals surface area contributed by atoms with Gasteiger partial charge in [-0.15, -0.1) is 0 Å². The monoisotopic (exact) mass is 329 g/mol. The molecule has 0 radical (unpaired) electrons. The minimum atomic E-state index is 0.648. The fraction of sp³-hybridized carbons (Fsp3) is 0.0526. The Labute approximate surface area is 144 Å². The van der Waals surface area contributed by atoms with E-state index in [2.05, 4.69) is 25.4 Å². The van der Waals surface area contributed by atoms with Crippen LogP contribution >= 0.6 is 0 Å². The van der Waals surface area contributed by atoms with Crippen molar-refractivity contribution in [2.75, 3.05) is 5.32 Å². The molecule has 4 aromatic rings. The Morgan fingerprint density at radius 2 is 1.72 bits per heavy atom. The average Bonchev–Trinajstić information content (AvgIpc) is 3.19. The molecule has 25 heavy (non-hydrogen) atoms. The third-order valence-corrected chi connectivity index (χ3v) is 3.76. The van der Waals surface area contributed by atoms with E-state index in [9.17, 15) is 0 Å². The van der Waals surface area contributed by atoms with E-state index in [0.29, 0.717) is 5.76 Å². The van der Waals surface area contributed by atoms with E-state index >= 15 is 0 Å². The van der Waals surface area contributed by atoms with Crippen molar-refractivity contribution < 1.29 is 4.52 Å². The van der Waals surface area contributed by atoms with Crippen LogP contribution in [0.5, 0.6) is 0 Å². The van der Waals surface area contributed by atoms with Gasteiger partial charge >= 0.3 is 0 Å². The van der Waals surface area contributed by atoms with Crippen molar-refractivity contribution in [2.45, 2.75) is 6.54 Å². The molecule has 4 rings (SSSR count). The first-order valence-electron chi connectivity index (χ1n) is 7.84. The van der Waals surface area contributed by atoms with Crippen molar-refractivity contribution in [1.29, 1.82) is 0 Å². The molecule has 0 unspecified atom stereocenters. The first-order valence-corrected chi connectivity index (χ1v) is 7.84. The zero-order chi connectivity index (χ0) is 16.9. The molecule has 0 amide bonds. The Kier molecular flexibility index (Phi) is 4.16. The van der Waals surface area contributed by atoms with Gasteiger partial charge in [0.1, 0.15) is 12.0 Å². The van der Waals surface area contributed by atoms with Gasteiger partial charge in [-0.05, 0) is 23.8 Å². The maximum Gasteiger partial charge on any atom is 0.170 e. The van der Waals surface area contributed by atoms with Crippen molar-refractivity contribution in [3.05, 3.63) is 79.1 Å². The van der Waals surface area contributed by atoms with E-state index in [1.54, 1.807) is 18.6 Å². The quantitative estimate of drug-likeness (QED) is 0.600. The Balaban J connectivity index is 1.46. The molecular weight excluding hydrogens is 314 g/mol. The number of anilines is 1. The van der Waals surface area contributed by atoms with Gasteiger partial charge in [0.2, 0.25) is 0 Å².